The Bertz CT molecular complexity index is 1060. The van der Waals surface area contributed by atoms with E-state index in [0.717, 1.165) is 16.9 Å². The molecule has 6 nitrogen and oxygen atoms in total. The van der Waals surface area contributed by atoms with Crippen molar-refractivity contribution in [3.8, 4) is 5.75 Å². The SMILES string of the molecule is COc1cccc(CNC(=O)[C@@]2(C)CCCN(S(=O)(=O)c3ccc(C(C)(C)C)cc3)C2)c1. The summed E-state index contributed by atoms with van der Waals surface area (Å²) < 4.78 is 33.3. The molecule has 0 aromatic heterocycles. The van der Waals surface area contributed by atoms with Gasteiger partial charge in [-0.3, -0.25) is 4.79 Å². The van der Waals surface area contributed by atoms with E-state index in [0.29, 0.717) is 25.9 Å². The van der Waals surface area contributed by atoms with Gasteiger partial charge in [0.2, 0.25) is 15.9 Å². The summed E-state index contributed by atoms with van der Waals surface area (Å²) in [6.07, 6.45) is 1.29. The lowest BCUT2D eigenvalue weighted by molar-refractivity contribution is -0.132. The second-order valence-corrected chi connectivity index (χ2v) is 11.7. The van der Waals surface area contributed by atoms with Crippen molar-refractivity contribution in [1.29, 1.82) is 0 Å². The van der Waals surface area contributed by atoms with Crippen molar-refractivity contribution in [3.63, 3.8) is 0 Å². The maximum absolute atomic E-state index is 13.3. The first kappa shape index (κ1) is 24.3. The van der Waals surface area contributed by atoms with Crippen molar-refractivity contribution >= 4 is 15.9 Å². The molecule has 1 heterocycles. The zero-order valence-electron chi connectivity index (χ0n) is 19.6. The normalized spacial score (nSPS) is 20.0. The topological polar surface area (TPSA) is 75.7 Å². The molecule has 0 bridgehead atoms. The third kappa shape index (κ3) is 5.33. The highest BCUT2D eigenvalue weighted by atomic mass is 32.2. The summed E-state index contributed by atoms with van der Waals surface area (Å²) >= 11 is 0. The van der Waals surface area contributed by atoms with E-state index >= 15 is 0 Å². The summed E-state index contributed by atoms with van der Waals surface area (Å²) in [6, 6.07) is 14.6. The van der Waals surface area contributed by atoms with Crippen molar-refractivity contribution in [2.24, 2.45) is 5.41 Å². The monoisotopic (exact) mass is 458 g/mol. The van der Waals surface area contributed by atoms with Crippen LogP contribution < -0.4 is 10.1 Å². The molecular weight excluding hydrogens is 424 g/mol. The van der Waals surface area contributed by atoms with Gasteiger partial charge in [0.1, 0.15) is 5.75 Å². The van der Waals surface area contributed by atoms with E-state index in [1.54, 1.807) is 19.2 Å². The molecule has 1 atom stereocenters. The van der Waals surface area contributed by atoms with Crippen molar-refractivity contribution in [1.82, 2.24) is 9.62 Å². The van der Waals surface area contributed by atoms with Gasteiger partial charge in [-0.15, -0.1) is 0 Å². The Morgan fingerprint density at radius 1 is 1.16 bits per heavy atom. The summed E-state index contributed by atoms with van der Waals surface area (Å²) in [4.78, 5) is 13.3. The Kier molecular flexibility index (Phi) is 7.00. The van der Waals surface area contributed by atoms with Gasteiger partial charge in [0, 0.05) is 19.6 Å². The molecule has 0 unspecified atom stereocenters. The average molecular weight is 459 g/mol. The lowest BCUT2D eigenvalue weighted by Crippen LogP contribution is -2.51. The second kappa shape index (κ2) is 9.24. The molecular formula is C25H34N2O4S. The first-order valence-corrected chi connectivity index (χ1v) is 12.4. The number of hydrogen-bond acceptors (Lipinski definition) is 4. The molecule has 32 heavy (non-hydrogen) atoms. The molecule has 1 N–H and O–H groups in total. The molecule has 3 rings (SSSR count). The molecule has 1 fully saturated rings. The standard InChI is InChI=1S/C25H34N2O4S/c1-24(2,3)20-10-12-22(13-11-20)32(29,30)27-15-7-14-25(4,18-27)23(28)26-17-19-8-6-9-21(16-19)31-5/h6,8-13,16H,7,14-15,17-18H2,1-5H3,(H,26,28)/t25-/m0/s1. The van der Waals surface area contributed by atoms with E-state index in [9.17, 15) is 13.2 Å². The highest BCUT2D eigenvalue weighted by Crippen LogP contribution is 2.33. The molecule has 0 radical (unpaired) electrons. The molecule has 174 valence electrons. The van der Waals surface area contributed by atoms with Gasteiger partial charge in [0.25, 0.3) is 0 Å². The van der Waals surface area contributed by atoms with Gasteiger partial charge in [-0.05, 0) is 60.6 Å². The van der Waals surface area contributed by atoms with Crippen LogP contribution in [0.25, 0.3) is 0 Å². The number of nitrogens with zero attached hydrogens (tertiary/aromatic N) is 1. The van der Waals surface area contributed by atoms with Crippen LogP contribution in [0.1, 0.15) is 51.7 Å². The number of piperidine rings is 1. The molecule has 0 aliphatic carbocycles. The van der Waals surface area contributed by atoms with Crippen molar-refractivity contribution in [3.05, 3.63) is 59.7 Å². The number of carbonyl (C=O) groups excluding carboxylic acids is 1. The van der Waals surface area contributed by atoms with Crippen LogP contribution in [0.4, 0.5) is 0 Å². The zero-order valence-corrected chi connectivity index (χ0v) is 20.5. The zero-order chi connectivity index (χ0) is 23.6. The number of carbonyl (C=O) groups is 1. The van der Waals surface area contributed by atoms with Crippen LogP contribution in [-0.2, 0) is 26.8 Å². The summed E-state index contributed by atoms with van der Waals surface area (Å²) in [5.41, 5.74) is 1.18. The largest absolute Gasteiger partial charge is 0.497 e. The number of rotatable bonds is 6. The highest BCUT2D eigenvalue weighted by Gasteiger charge is 2.41. The molecule has 1 amide bonds. The number of amides is 1. The van der Waals surface area contributed by atoms with Crippen LogP contribution >= 0.6 is 0 Å². The molecule has 2 aromatic carbocycles. The predicted molar refractivity (Wildman–Crippen MR) is 126 cm³/mol. The van der Waals surface area contributed by atoms with E-state index in [1.807, 2.05) is 43.3 Å². The van der Waals surface area contributed by atoms with Gasteiger partial charge in [0.05, 0.1) is 17.4 Å². The minimum atomic E-state index is -3.67. The van der Waals surface area contributed by atoms with Crippen LogP contribution in [0, 0.1) is 5.41 Å². The smallest absolute Gasteiger partial charge is 0.243 e. The number of hydrogen-bond donors (Lipinski definition) is 1. The van der Waals surface area contributed by atoms with Crippen LogP contribution in [0.3, 0.4) is 0 Å². The first-order chi connectivity index (χ1) is 15.0. The predicted octanol–water partition coefficient (Wildman–Crippen LogP) is 4.10. The lowest BCUT2D eigenvalue weighted by Gasteiger charge is -2.38. The molecule has 7 heteroatoms. The quantitative estimate of drug-likeness (QED) is 0.707. The van der Waals surface area contributed by atoms with Crippen molar-refractivity contribution in [2.75, 3.05) is 20.2 Å². The number of nitrogens with one attached hydrogen (secondary N) is 1. The van der Waals surface area contributed by atoms with E-state index in [-0.39, 0.29) is 22.8 Å². The minimum Gasteiger partial charge on any atom is -0.497 e. The molecule has 0 saturated carbocycles. The van der Waals surface area contributed by atoms with Crippen LogP contribution in [0.2, 0.25) is 0 Å². The summed E-state index contributed by atoms with van der Waals surface area (Å²) in [6.45, 7) is 9.08. The van der Waals surface area contributed by atoms with Gasteiger partial charge in [-0.25, -0.2) is 8.42 Å². The number of benzene rings is 2. The fourth-order valence-corrected chi connectivity index (χ4v) is 5.64. The average Bonchev–Trinajstić information content (AvgIpc) is 2.77. The molecule has 1 saturated heterocycles. The fourth-order valence-electron chi connectivity index (χ4n) is 4.04. The summed E-state index contributed by atoms with van der Waals surface area (Å²) in [7, 11) is -2.06. The molecule has 2 aromatic rings. The Morgan fingerprint density at radius 3 is 2.47 bits per heavy atom. The van der Waals surface area contributed by atoms with Gasteiger partial charge in [-0.2, -0.15) is 4.31 Å². The third-order valence-corrected chi connectivity index (χ3v) is 8.01. The summed E-state index contributed by atoms with van der Waals surface area (Å²) in [5.74, 6) is 0.596. The Labute approximate surface area is 192 Å². The van der Waals surface area contributed by atoms with Gasteiger partial charge in [-0.1, -0.05) is 45.0 Å². The summed E-state index contributed by atoms with van der Waals surface area (Å²) in [5, 5.41) is 2.98. The van der Waals surface area contributed by atoms with E-state index in [1.165, 1.54) is 4.31 Å². The highest BCUT2D eigenvalue weighted by molar-refractivity contribution is 7.89. The minimum absolute atomic E-state index is 0.0488. The van der Waals surface area contributed by atoms with Gasteiger partial charge >= 0.3 is 0 Å². The van der Waals surface area contributed by atoms with Crippen molar-refractivity contribution < 1.29 is 17.9 Å². The van der Waals surface area contributed by atoms with Crippen LogP contribution in [0.5, 0.6) is 5.75 Å². The third-order valence-electron chi connectivity index (χ3n) is 6.15. The van der Waals surface area contributed by atoms with E-state index in [4.69, 9.17) is 4.74 Å². The van der Waals surface area contributed by atoms with Gasteiger partial charge < -0.3 is 10.1 Å². The van der Waals surface area contributed by atoms with Crippen molar-refractivity contribution in [2.45, 2.75) is 57.4 Å². The Balaban J connectivity index is 1.71. The van der Waals surface area contributed by atoms with Gasteiger partial charge in [0.15, 0.2) is 0 Å². The lowest BCUT2D eigenvalue weighted by atomic mass is 9.82. The first-order valence-electron chi connectivity index (χ1n) is 11.0. The number of ether oxygens (including phenoxy) is 1. The van der Waals surface area contributed by atoms with E-state index < -0.39 is 15.4 Å². The number of methoxy groups -OCH3 is 1. The molecule has 1 aliphatic heterocycles. The fraction of sp³-hybridized carbons (Fsp3) is 0.480. The maximum atomic E-state index is 13.3. The van der Waals surface area contributed by atoms with E-state index in [2.05, 4.69) is 26.1 Å². The Hall–Kier alpha value is -2.38. The molecule has 0 spiro atoms. The second-order valence-electron chi connectivity index (χ2n) is 9.81. The number of sulfonamides is 1. The van der Waals surface area contributed by atoms with Crippen LogP contribution in [-0.4, -0.2) is 38.8 Å². The maximum Gasteiger partial charge on any atom is 0.243 e. The Morgan fingerprint density at radius 2 is 1.84 bits per heavy atom. The van der Waals surface area contributed by atoms with Crippen LogP contribution in [0.15, 0.2) is 53.4 Å². The molecule has 1 aliphatic rings.